The van der Waals surface area contributed by atoms with Crippen molar-refractivity contribution in [3.05, 3.63) is 120 Å². The molecule has 2 heterocycles. The third-order valence-electron chi connectivity index (χ3n) is 6.72. The lowest BCUT2D eigenvalue weighted by Gasteiger charge is -2.31. The molecule has 184 valence electrons. The minimum absolute atomic E-state index is 0.108. The molecule has 4 aromatic rings. The van der Waals surface area contributed by atoms with E-state index in [4.69, 9.17) is 14.5 Å². The van der Waals surface area contributed by atoms with E-state index in [-0.39, 0.29) is 17.6 Å². The van der Waals surface area contributed by atoms with Crippen molar-refractivity contribution in [2.24, 2.45) is 4.99 Å². The fourth-order valence-corrected chi connectivity index (χ4v) is 6.18. The van der Waals surface area contributed by atoms with E-state index in [1.54, 1.807) is 29.9 Å². The van der Waals surface area contributed by atoms with Gasteiger partial charge in [-0.05, 0) is 53.8 Å². The quantitative estimate of drug-likeness (QED) is 0.305. The molecule has 3 aromatic carbocycles. The van der Waals surface area contributed by atoms with Gasteiger partial charge in [-0.15, -0.1) is 0 Å². The highest BCUT2D eigenvalue weighted by atomic mass is 32.1. The number of nitrogens with zero attached hydrogens (tertiary/aromatic N) is 2. The highest BCUT2D eigenvalue weighted by Crippen LogP contribution is 2.43. The SMILES string of the molecule is COc1ccccc1[C@H]1C2=C(N=c3s/c(=C\c4cccc(OC(C)=O)c4)c(=O)n31)c1ccccc1CC2. The van der Waals surface area contributed by atoms with Gasteiger partial charge in [-0.1, -0.05) is 65.9 Å². The van der Waals surface area contributed by atoms with Crippen LogP contribution in [0.15, 0.2) is 88.2 Å². The molecule has 37 heavy (non-hydrogen) atoms. The maximum atomic E-state index is 13.9. The van der Waals surface area contributed by atoms with Crippen LogP contribution in [0.2, 0.25) is 0 Å². The van der Waals surface area contributed by atoms with E-state index in [1.165, 1.54) is 23.8 Å². The first-order chi connectivity index (χ1) is 18.0. The maximum absolute atomic E-state index is 13.9. The van der Waals surface area contributed by atoms with Crippen molar-refractivity contribution in [3.8, 4) is 11.5 Å². The smallest absolute Gasteiger partial charge is 0.308 e. The molecular formula is C30H24N2O4S. The summed E-state index contributed by atoms with van der Waals surface area (Å²) in [4.78, 5) is 31.0. The number of rotatable bonds is 4. The first-order valence-electron chi connectivity index (χ1n) is 12.1. The molecule has 0 saturated carbocycles. The number of fused-ring (bicyclic) bond motifs is 3. The van der Waals surface area contributed by atoms with Crippen molar-refractivity contribution in [2.75, 3.05) is 7.11 Å². The number of carbonyl (C=O) groups is 1. The van der Waals surface area contributed by atoms with Crippen LogP contribution in [0.3, 0.4) is 0 Å². The predicted octanol–water partition coefficient (Wildman–Crippen LogP) is 4.25. The highest BCUT2D eigenvalue weighted by molar-refractivity contribution is 7.07. The van der Waals surface area contributed by atoms with E-state index in [2.05, 4.69) is 18.2 Å². The first-order valence-corrected chi connectivity index (χ1v) is 12.9. The van der Waals surface area contributed by atoms with Crippen LogP contribution in [0.5, 0.6) is 11.5 Å². The lowest BCUT2D eigenvalue weighted by atomic mass is 9.83. The lowest BCUT2D eigenvalue weighted by molar-refractivity contribution is -0.131. The summed E-state index contributed by atoms with van der Waals surface area (Å²) in [6.45, 7) is 1.36. The number of ether oxygens (including phenoxy) is 2. The minimum atomic E-state index is -0.390. The zero-order valence-electron chi connectivity index (χ0n) is 20.4. The number of allylic oxidation sites excluding steroid dienone is 1. The minimum Gasteiger partial charge on any atom is -0.496 e. The Balaban J connectivity index is 1.59. The summed E-state index contributed by atoms with van der Waals surface area (Å²) in [5.41, 5.74) is 6.06. The molecule has 1 aliphatic carbocycles. The predicted molar refractivity (Wildman–Crippen MR) is 143 cm³/mol. The second-order valence-corrected chi connectivity index (χ2v) is 10.0. The molecule has 6 nitrogen and oxygen atoms in total. The van der Waals surface area contributed by atoms with Gasteiger partial charge in [0.05, 0.1) is 23.4 Å². The van der Waals surface area contributed by atoms with Crippen molar-refractivity contribution in [1.82, 2.24) is 4.57 Å². The third kappa shape index (κ3) is 4.11. The number of aromatic nitrogens is 1. The van der Waals surface area contributed by atoms with E-state index >= 15 is 0 Å². The summed E-state index contributed by atoms with van der Waals surface area (Å²) >= 11 is 1.36. The van der Waals surface area contributed by atoms with Crippen LogP contribution >= 0.6 is 11.3 Å². The Kier molecular flexibility index (Phi) is 5.85. The average Bonchev–Trinajstić information content (AvgIpc) is 3.21. The van der Waals surface area contributed by atoms with Gasteiger partial charge in [0.2, 0.25) is 0 Å². The molecule has 7 heteroatoms. The largest absolute Gasteiger partial charge is 0.496 e. The van der Waals surface area contributed by atoms with Gasteiger partial charge in [0.1, 0.15) is 11.5 Å². The van der Waals surface area contributed by atoms with Crippen molar-refractivity contribution in [1.29, 1.82) is 0 Å². The van der Waals surface area contributed by atoms with Gasteiger partial charge in [0.25, 0.3) is 5.56 Å². The van der Waals surface area contributed by atoms with Crippen LogP contribution in [-0.2, 0) is 11.2 Å². The molecule has 0 fully saturated rings. The Morgan fingerprint density at radius 2 is 1.86 bits per heavy atom. The number of benzene rings is 3. The number of esters is 1. The number of hydrogen-bond acceptors (Lipinski definition) is 6. The average molecular weight is 509 g/mol. The summed E-state index contributed by atoms with van der Waals surface area (Å²) < 4.78 is 13.3. The molecule has 0 saturated heterocycles. The van der Waals surface area contributed by atoms with E-state index < -0.39 is 0 Å². The number of carbonyl (C=O) groups excluding carboxylic acids is 1. The fraction of sp³-hybridized carbons (Fsp3) is 0.167. The number of aryl methyl sites for hydroxylation is 1. The van der Waals surface area contributed by atoms with Crippen molar-refractivity contribution in [3.63, 3.8) is 0 Å². The summed E-state index contributed by atoms with van der Waals surface area (Å²) in [6, 6.07) is 23.1. The van der Waals surface area contributed by atoms with Gasteiger partial charge in [0, 0.05) is 18.1 Å². The normalized spacial score (nSPS) is 16.4. The van der Waals surface area contributed by atoms with E-state index in [1.807, 2.05) is 42.5 Å². The Morgan fingerprint density at radius 1 is 1.05 bits per heavy atom. The standard InChI is InChI=1S/C30H24N2O4S/c1-18(33)36-21-10-7-8-19(16-21)17-26-29(34)32-28(23-12-5-6-13-25(23)35-2)24-15-14-20-9-3-4-11-22(20)27(24)31-30(32)37-26/h3-13,16-17,28H,14-15H2,1-2H3/b26-17-/t28-/m0/s1. The van der Waals surface area contributed by atoms with Gasteiger partial charge >= 0.3 is 5.97 Å². The zero-order chi connectivity index (χ0) is 25.5. The van der Waals surface area contributed by atoms with Gasteiger partial charge in [0.15, 0.2) is 4.80 Å². The second kappa shape index (κ2) is 9.33. The van der Waals surface area contributed by atoms with Crippen molar-refractivity contribution in [2.45, 2.75) is 25.8 Å². The van der Waals surface area contributed by atoms with Gasteiger partial charge in [-0.2, -0.15) is 0 Å². The molecule has 0 unspecified atom stereocenters. The molecule has 0 N–H and O–H groups in total. The number of thiazole rings is 1. The highest BCUT2D eigenvalue weighted by Gasteiger charge is 2.33. The summed E-state index contributed by atoms with van der Waals surface area (Å²) in [5.74, 6) is 0.788. The van der Waals surface area contributed by atoms with E-state index in [9.17, 15) is 9.59 Å². The van der Waals surface area contributed by atoms with Gasteiger partial charge < -0.3 is 9.47 Å². The van der Waals surface area contributed by atoms with Crippen LogP contribution in [0, 0.1) is 0 Å². The summed E-state index contributed by atoms with van der Waals surface area (Å²) in [6.07, 6.45) is 3.53. The van der Waals surface area contributed by atoms with E-state index in [0.717, 1.165) is 46.6 Å². The molecule has 1 aromatic heterocycles. The summed E-state index contributed by atoms with van der Waals surface area (Å²) in [5, 5.41) is 0. The molecule has 1 atom stereocenters. The third-order valence-corrected chi connectivity index (χ3v) is 7.71. The summed E-state index contributed by atoms with van der Waals surface area (Å²) in [7, 11) is 1.66. The van der Waals surface area contributed by atoms with Crippen LogP contribution in [-0.4, -0.2) is 17.6 Å². The molecule has 0 radical (unpaired) electrons. The van der Waals surface area contributed by atoms with Crippen LogP contribution in [0.25, 0.3) is 11.8 Å². The molecule has 0 bridgehead atoms. The van der Waals surface area contributed by atoms with Crippen LogP contribution in [0.4, 0.5) is 0 Å². The maximum Gasteiger partial charge on any atom is 0.308 e. The van der Waals surface area contributed by atoms with E-state index in [0.29, 0.717) is 15.1 Å². The number of para-hydroxylation sites is 1. The molecular weight excluding hydrogens is 484 g/mol. The Morgan fingerprint density at radius 3 is 2.70 bits per heavy atom. The molecule has 0 amide bonds. The number of methoxy groups -OCH3 is 1. The lowest BCUT2D eigenvalue weighted by Crippen LogP contribution is -2.39. The van der Waals surface area contributed by atoms with Crippen molar-refractivity contribution < 1.29 is 14.3 Å². The molecule has 2 aliphatic rings. The van der Waals surface area contributed by atoms with Gasteiger partial charge in [-0.25, -0.2) is 4.99 Å². The molecule has 0 spiro atoms. The zero-order valence-corrected chi connectivity index (χ0v) is 21.2. The fourth-order valence-electron chi connectivity index (χ4n) is 5.18. The second-order valence-electron chi connectivity index (χ2n) is 9.02. The monoisotopic (exact) mass is 508 g/mol. The molecule has 6 rings (SSSR count). The van der Waals surface area contributed by atoms with Crippen LogP contribution < -0.4 is 24.4 Å². The first kappa shape index (κ1) is 23.2. The Hall–Kier alpha value is -4.23. The van der Waals surface area contributed by atoms with Gasteiger partial charge in [-0.3, -0.25) is 14.2 Å². The Labute approximate surface area is 217 Å². The topological polar surface area (TPSA) is 69.9 Å². The molecule has 1 aliphatic heterocycles. The number of hydrogen-bond donors (Lipinski definition) is 0. The Bertz CT molecular complexity index is 1760. The van der Waals surface area contributed by atoms with Crippen molar-refractivity contribution >= 4 is 29.1 Å². The van der Waals surface area contributed by atoms with Crippen LogP contribution in [0.1, 0.15) is 41.6 Å².